The molecule has 0 aliphatic carbocycles. The standard InChI is InChI=1S/C12H20N2O2/c1-3-10-7-11(14(4-2)13-10)12(15)9-5-6-16-8-9/h7,9,12,15H,3-6,8H2,1-2H3. The van der Waals surface area contributed by atoms with Crippen LogP contribution in [0.25, 0.3) is 0 Å². The van der Waals surface area contributed by atoms with Crippen LogP contribution in [0, 0.1) is 5.92 Å². The third-order valence-corrected chi connectivity index (χ3v) is 3.24. The highest BCUT2D eigenvalue weighted by Gasteiger charge is 2.27. The number of hydrogen-bond donors (Lipinski definition) is 1. The summed E-state index contributed by atoms with van der Waals surface area (Å²) in [7, 11) is 0. The van der Waals surface area contributed by atoms with Gasteiger partial charge in [-0.2, -0.15) is 5.10 Å². The molecular weight excluding hydrogens is 204 g/mol. The number of aryl methyl sites for hydroxylation is 2. The lowest BCUT2D eigenvalue weighted by Crippen LogP contribution is -2.16. The molecule has 0 radical (unpaired) electrons. The molecule has 0 spiro atoms. The molecular formula is C12H20N2O2. The van der Waals surface area contributed by atoms with Crippen LogP contribution in [0.1, 0.15) is 37.8 Å². The first-order chi connectivity index (χ1) is 7.76. The van der Waals surface area contributed by atoms with Crippen LogP contribution in [0.4, 0.5) is 0 Å². The van der Waals surface area contributed by atoms with Crippen molar-refractivity contribution < 1.29 is 9.84 Å². The van der Waals surface area contributed by atoms with E-state index < -0.39 is 6.10 Å². The Labute approximate surface area is 96.2 Å². The minimum atomic E-state index is -0.435. The van der Waals surface area contributed by atoms with E-state index in [-0.39, 0.29) is 5.92 Å². The van der Waals surface area contributed by atoms with E-state index in [0.717, 1.165) is 37.4 Å². The van der Waals surface area contributed by atoms with E-state index in [1.54, 1.807) is 0 Å². The molecule has 90 valence electrons. The lowest BCUT2D eigenvalue weighted by Gasteiger charge is -2.17. The van der Waals surface area contributed by atoms with Crippen LogP contribution < -0.4 is 0 Å². The van der Waals surface area contributed by atoms with Crippen LogP contribution in [-0.2, 0) is 17.7 Å². The summed E-state index contributed by atoms with van der Waals surface area (Å²) in [4.78, 5) is 0. The van der Waals surface area contributed by atoms with E-state index in [2.05, 4.69) is 12.0 Å². The number of nitrogens with zero attached hydrogens (tertiary/aromatic N) is 2. The topological polar surface area (TPSA) is 47.3 Å². The van der Waals surface area contributed by atoms with Crippen molar-refractivity contribution in [2.45, 2.75) is 39.3 Å². The fourth-order valence-electron chi connectivity index (χ4n) is 2.19. The van der Waals surface area contributed by atoms with E-state index in [1.165, 1.54) is 0 Å². The average Bonchev–Trinajstić information content (AvgIpc) is 2.96. The predicted molar refractivity (Wildman–Crippen MR) is 61.2 cm³/mol. The molecule has 2 heterocycles. The third kappa shape index (κ3) is 2.13. The van der Waals surface area contributed by atoms with Crippen molar-refractivity contribution in [3.8, 4) is 0 Å². The Morgan fingerprint density at radius 1 is 1.62 bits per heavy atom. The van der Waals surface area contributed by atoms with Gasteiger partial charge in [0.2, 0.25) is 0 Å². The lowest BCUT2D eigenvalue weighted by atomic mass is 9.99. The summed E-state index contributed by atoms with van der Waals surface area (Å²) >= 11 is 0. The Morgan fingerprint density at radius 3 is 3.00 bits per heavy atom. The normalized spacial score (nSPS) is 22.6. The second-order valence-electron chi connectivity index (χ2n) is 4.30. The van der Waals surface area contributed by atoms with E-state index in [1.807, 2.05) is 17.7 Å². The molecule has 2 rings (SSSR count). The highest BCUT2D eigenvalue weighted by Crippen LogP contribution is 2.29. The fraction of sp³-hybridized carbons (Fsp3) is 0.750. The highest BCUT2D eigenvalue weighted by molar-refractivity contribution is 5.14. The maximum absolute atomic E-state index is 10.3. The zero-order chi connectivity index (χ0) is 11.5. The van der Waals surface area contributed by atoms with Gasteiger partial charge >= 0.3 is 0 Å². The van der Waals surface area contributed by atoms with Crippen molar-refractivity contribution in [3.63, 3.8) is 0 Å². The van der Waals surface area contributed by atoms with E-state index in [0.29, 0.717) is 6.61 Å². The number of ether oxygens (including phenoxy) is 1. The molecule has 0 bridgehead atoms. The predicted octanol–water partition coefficient (Wildman–Crippen LogP) is 1.54. The first-order valence-electron chi connectivity index (χ1n) is 6.08. The molecule has 1 fully saturated rings. The first-order valence-corrected chi connectivity index (χ1v) is 6.08. The van der Waals surface area contributed by atoms with Gasteiger partial charge in [-0.3, -0.25) is 4.68 Å². The van der Waals surface area contributed by atoms with Crippen molar-refractivity contribution in [1.29, 1.82) is 0 Å². The van der Waals surface area contributed by atoms with E-state index in [4.69, 9.17) is 4.74 Å². The summed E-state index contributed by atoms with van der Waals surface area (Å²) in [5, 5.41) is 14.8. The van der Waals surface area contributed by atoms with E-state index >= 15 is 0 Å². The maximum Gasteiger partial charge on any atom is 0.101 e. The largest absolute Gasteiger partial charge is 0.386 e. The van der Waals surface area contributed by atoms with Crippen LogP contribution >= 0.6 is 0 Å². The molecule has 1 aromatic heterocycles. The van der Waals surface area contributed by atoms with Gasteiger partial charge < -0.3 is 9.84 Å². The van der Waals surface area contributed by atoms with Gasteiger partial charge in [-0.25, -0.2) is 0 Å². The Kier molecular flexibility index (Phi) is 3.61. The molecule has 1 aliphatic heterocycles. The Morgan fingerprint density at radius 2 is 2.44 bits per heavy atom. The van der Waals surface area contributed by atoms with Crippen molar-refractivity contribution in [3.05, 3.63) is 17.5 Å². The van der Waals surface area contributed by atoms with Crippen LogP contribution in [0.15, 0.2) is 6.07 Å². The van der Waals surface area contributed by atoms with Gasteiger partial charge in [0.25, 0.3) is 0 Å². The Hall–Kier alpha value is -0.870. The molecule has 0 aromatic carbocycles. The van der Waals surface area contributed by atoms with Crippen molar-refractivity contribution in [1.82, 2.24) is 9.78 Å². The smallest absolute Gasteiger partial charge is 0.101 e. The summed E-state index contributed by atoms with van der Waals surface area (Å²) in [6.07, 6.45) is 1.42. The zero-order valence-electron chi connectivity index (χ0n) is 10.0. The second kappa shape index (κ2) is 4.97. The van der Waals surface area contributed by atoms with Gasteiger partial charge in [0.05, 0.1) is 18.0 Å². The molecule has 4 heteroatoms. The molecule has 2 atom stereocenters. The SMILES string of the molecule is CCc1cc(C(O)C2CCOC2)n(CC)n1. The molecule has 2 unspecified atom stereocenters. The van der Waals surface area contributed by atoms with Crippen LogP contribution in [-0.4, -0.2) is 28.1 Å². The first kappa shape index (κ1) is 11.6. The highest BCUT2D eigenvalue weighted by atomic mass is 16.5. The number of aliphatic hydroxyl groups is 1. The number of aliphatic hydroxyl groups excluding tert-OH is 1. The van der Waals surface area contributed by atoms with Gasteiger partial charge in [-0.1, -0.05) is 6.92 Å². The van der Waals surface area contributed by atoms with Crippen LogP contribution in [0.2, 0.25) is 0 Å². The fourth-order valence-corrected chi connectivity index (χ4v) is 2.19. The number of aromatic nitrogens is 2. The Balaban J connectivity index is 2.20. The summed E-state index contributed by atoms with van der Waals surface area (Å²) in [6, 6.07) is 2.02. The van der Waals surface area contributed by atoms with Gasteiger partial charge in [-0.15, -0.1) is 0 Å². The molecule has 16 heavy (non-hydrogen) atoms. The number of hydrogen-bond acceptors (Lipinski definition) is 3. The average molecular weight is 224 g/mol. The molecule has 4 nitrogen and oxygen atoms in total. The van der Waals surface area contributed by atoms with Crippen LogP contribution in [0.3, 0.4) is 0 Å². The maximum atomic E-state index is 10.3. The summed E-state index contributed by atoms with van der Waals surface area (Å²) in [5.41, 5.74) is 1.99. The second-order valence-corrected chi connectivity index (χ2v) is 4.30. The molecule has 0 amide bonds. The molecule has 1 saturated heterocycles. The minimum Gasteiger partial charge on any atom is -0.386 e. The monoisotopic (exact) mass is 224 g/mol. The molecule has 1 N–H and O–H groups in total. The van der Waals surface area contributed by atoms with Crippen molar-refractivity contribution >= 4 is 0 Å². The Bertz CT molecular complexity index is 343. The minimum absolute atomic E-state index is 0.228. The van der Waals surface area contributed by atoms with E-state index in [9.17, 15) is 5.11 Å². The van der Waals surface area contributed by atoms with Gasteiger partial charge in [0, 0.05) is 19.1 Å². The molecule has 0 saturated carbocycles. The third-order valence-electron chi connectivity index (χ3n) is 3.24. The van der Waals surface area contributed by atoms with Gasteiger partial charge in [0.1, 0.15) is 6.10 Å². The lowest BCUT2D eigenvalue weighted by molar-refractivity contribution is 0.0847. The summed E-state index contributed by atoms with van der Waals surface area (Å²) in [5.74, 6) is 0.228. The van der Waals surface area contributed by atoms with Crippen molar-refractivity contribution in [2.75, 3.05) is 13.2 Å². The number of rotatable bonds is 4. The van der Waals surface area contributed by atoms with Crippen LogP contribution in [0.5, 0.6) is 0 Å². The zero-order valence-corrected chi connectivity index (χ0v) is 10.0. The molecule has 1 aliphatic rings. The summed E-state index contributed by atoms with van der Waals surface area (Å²) in [6.45, 7) is 6.37. The van der Waals surface area contributed by atoms with Crippen molar-refractivity contribution in [2.24, 2.45) is 5.92 Å². The summed E-state index contributed by atoms with van der Waals surface area (Å²) < 4.78 is 7.22. The molecule has 1 aromatic rings. The van der Waals surface area contributed by atoms with Gasteiger partial charge in [0.15, 0.2) is 0 Å². The van der Waals surface area contributed by atoms with Gasteiger partial charge in [-0.05, 0) is 25.8 Å². The quantitative estimate of drug-likeness (QED) is 0.843.